The van der Waals surface area contributed by atoms with Crippen LogP contribution in [0.15, 0.2) is 65.1 Å². The number of hydrogen-bond acceptors (Lipinski definition) is 4. The third-order valence-corrected chi connectivity index (χ3v) is 4.28. The van der Waals surface area contributed by atoms with Crippen molar-refractivity contribution in [3.8, 4) is 0 Å². The Hall–Kier alpha value is -2.33. The molecule has 0 fully saturated rings. The molecule has 0 aromatic heterocycles. The Morgan fingerprint density at radius 3 is 2.36 bits per heavy atom. The fourth-order valence-corrected chi connectivity index (χ4v) is 2.92. The van der Waals surface area contributed by atoms with Gasteiger partial charge >= 0.3 is 0 Å². The van der Waals surface area contributed by atoms with Crippen molar-refractivity contribution in [1.29, 1.82) is 0 Å². The minimum atomic E-state index is -0.0227. The second-order valence-electron chi connectivity index (χ2n) is 5.10. The first-order valence-corrected chi connectivity index (χ1v) is 7.92. The van der Waals surface area contributed by atoms with Crippen molar-refractivity contribution < 1.29 is 4.79 Å². The summed E-state index contributed by atoms with van der Waals surface area (Å²) in [7, 11) is 0. The van der Waals surface area contributed by atoms with E-state index in [-0.39, 0.29) is 5.78 Å². The summed E-state index contributed by atoms with van der Waals surface area (Å²) in [6.07, 6.45) is 0. The van der Waals surface area contributed by atoms with Crippen molar-refractivity contribution in [3.05, 3.63) is 71.1 Å². The molecule has 110 valence electrons. The third kappa shape index (κ3) is 2.97. The standard InChI is InChI=1S/C18H16N2OS/c1-13-8-10-16(11-9-13)20-17(15-6-4-3-5-7-15)12-22-18(19-20)14(2)21/h3-12H,1-2H3. The lowest BCUT2D eigenvalue weighted by atomic mass is 10.1. The van der Waals surface area contributed by atoms with Gasteiger partial charge in [-0.25, -0.2) is 5.01 Å². The fourth-order valence-electron chi connectivity index (χ4n) is 2.17. The van der Waals surface area contributed by atoms with Crippen molar-refractivity contribution >= 4 is 34.0 Å². The molecule has 0 bridgehead atoms. The first-order chi connectivity index (χ1) is 10.6. The number of ketones is 1. The Bertz CT molecular complexity index is 748. The molecular formula is C18H16N2OS. The number of hydrazone groups is 1. The Morgan fingerprint density at radius 2 is 1.73 bits per heavy atom. The van der Waals surface area contributed by atoms with E-state index in [1.807, 2.05) is 71.9 Å². The number of benzene rings is 2. The highest BCUT2D eigenvalue weighted by Crippen LogP contribution is 2.33. The van der Waals surface area contributed by atoms with Gasteiger partial charge in [-0.05, 0) is 19.1 Å². The molecule has 1 aliphatic rings. The summed E-state index contributed by atoms with van der Waals surface area (Å²) in [5, 5.41) is 8.85. The lowest BCUT2D eigenvalue weighted by molar-refractivity contribution is -0.110. The van der Waals surface area contributed by atoms with Crippen molar-refractivity contribution in [2.75, 3.05) is 5.01 Å². The fraction of sp³-hybridized carbons (Fsp3) is 0.111. The normalized spacial score (nSPS) is 14.4. The average Bonchev–Trinajstić information content (AvgIpc) is 2.56. The van der Waals surface area contributed by atoms with Crippen LogP contribution in [0.4, 0.5) is 5.69 Å². The molecule has 3 rings (SSSR count). The number of hydrogen-bond donors (Lipinski definition) is 0. The zero-order valence-electron chi connectivity index (χ0n) is 12.5. The molecule has 0 amide bonds. The van der Waals surface area contributed by atoms with Crippen molar-refractivity contribution in [3.63, 3.8) is 0 Å². The molecule has 0 N–H and O–H groups in total. The molecule has 0 saturated carbocycles. The zero-order valence-corrected chi connectivity index (χ0v) is 13.3. The molecule has 0 spiro atoms. The highest BCUT2D eigenvalue weighted by molar-refractivity contribution is 8.18. The van der Waals surface area contributed by atoms with Crippen LogP contribution in [0.1, 0.15) is 18.1 Å². The number of rotatable bonds is 3. The lowest BCUT2D eigenvalue weighted by Crippen LogP contribution is -2.22. The highest BCUT2D eigenvalue weighted by Gasteiger charge is 2.21. The van der Waals surface area contributed by atoms with Crippen LogP contribution in [0.3, 0.4) is 0 Å². The number of nitrogens with zero attached hydrogens (tertiary/aromatic N) is 2. The monoisotopic (exact) mass is 308 g/mol. The number of anilines is 1. The molecule has 0 atom stereocenters. The molecule has 4 heteroatoms. The molecule has 2 aromatic rings. The van der Waals surface area contributed by atoms with Gasteiger partial charge in [-0.2, -0.15) is 5.10 Å². The largest absolute Gasteiger partial charge is 0.292 e. The van der Waals surface area contributed by atoms with Gasteiger partial charge in [-0.3, -0.25) is 4.79 Å². The third-order valence-electron chi connectivity index (χ3n) is 3.35. The van der Waals surface area contributed by atoms with Crippen molar-refractivity contribution in [1.82, 2.24) is 0 Å². The van der Waals surface area contributed by atoms with E-state index in [4.69, 9.17) is 0 Å². The van der Waals surface area contributed by atoms with Crippen molar-refractivity contribution in [2.45, 2.75) is 13.8 Å². The molecule has 1 aliphatic heterocycles. The van der Waals surface area contributed by atoms with Crippen LogP contribution in [0, 0.1) is 6.92 Å². The predicted molar refractivity (Wildman–Crippen MR) is 93.8 cm³/mol. The van der Waals surface area contributed by atoms with Crippen LogP contribution in [0.5, 0.6) is 0 Å². The minimum absolute atomic E-state index is 0.0227. The maximum atomic E-state index is 11.7. The lowest BCUT2D eigenvalue weighted by Gasteiger charge is -2.26. The summed E-state index contributed by atoms with van der Waals surface area (Å²) in [6.45, 7) is 3.59. The van der Waals surface area contributed by atoms with Gasteiger partial charge in [0.05, 0.1) is 11.4 Å². The maximum Gasteiger partial charge on any atom is 0.186 e. The second-order valence-corrected chi connectivity index (χ2v) is 5.95. The van der Waals surface area contributed by atoms with Crippen LogP contribution in [-0.2, 0) is 4.79 Å². The van der Waals surface area contributed by atoms with Crippen molar-refractivity contribution in [2.24, 2.45) is 5.10 Å². The van der Waals surface area contributed by atoms with E-state index in [2.05, 4.69) is 5.10 Å². The van der Waals surface area contributed by atoms with Gasteiger partial charge in [0, 0.05) is 17.9 Å². The molecule has 22 heavy (non-hydrogen) atoms. The van der Waals surface area contributed by atoms with Gasteiger partial charge in [0.15, 0.2) is 10.8 Å². The van der Waals surface area contributed by atoms with Gasteiger partial charge in [0.2, 0.25) is 0 Å². The molecular weight excluding hydrogens is 292 g/mol. The Morgan fingerprint density at radius 1 is 1.05 bits per heavy atom. The highest BCUT2D eigenvalue weighted by atomic mass is 32.2. The Labute approximate surface area is 134 Å². The van der Waals surface area contributed by atoms with Crippen LogP contribution in [0.25, 0.3) is 5.70 Å². The number of aryl methyl sites for hydroxylation is 1. The smallest absolute Gasteiger partial charge is 0.186 e. The Balaban J connectivity index is 2.05. The van der Waals surface area contributed by atoms with E-state index in [0.29, 0.717) is 5.04 Å². The van der Waals surface area contributed by atoms with Gasteiger partial charge < -0.3 is 0 Å². The van der Waals surface area contributed by atoms with Crippen LogP contribution >= 0.6 is 11.8 Å². The van der Waals surface area contributed by atoms with Crippen LogP contribution < -0.4 is 5.01 Å². The van der Waals surface area contributed by atoms with E-state index < -0.39 is 0 Å². The summed E-state index contributed by atoms with van der Waals surface area (Å²) in [5.41, 5.74) is 4.18. The van der Waals surface area contributed by atoms with E-state index in [0.717, 1.165) is 16.9 Å². The number of carbonyl (C=O) groups is 1. The number of Topliss-reactive ketones (excluding diaryl/α,β-unsaturated/α-hetero) is 1. The molecule has 0 radical (unpaired) electrons. The average molecular weight is 308 g/mol. The summed E-state index contributed by atoms with van der Waals surface area (Å²) < 4.78 is 0. The number of thioether (sulfide) groups is 1. The quantitative estimate of drug-likeness (QED) is 0.840. The Kier molecular flexibility index (Phi) is 4.11. The second kappa shape index (κ2) is 6.20. The van der Waals surface area contributed by atoms with Crippen LogP contribution in [0.2, 0.25) is 0 Å². The van der Waals surface area contributed by atoms with Gasteiger partial charge in [0.1, 0.15) is 0 Å². The van der Waals surface area contributed by atoms with Gasteiger partial charge in [-0.1, -0.05) is 59.8 Å². The zero-order chi connectivity index (χ0) is 15.5. The molecule has 2 aromatic carbocycles. The predicted octanol–water partition coefficient (Wildman–Crippen LogP) is 4.45. The molecule has 0 aliphatic carbocycles. The van der Waals surface area contributed by atoms with E-state index >= 15 is 0 Å². The molecule has 1 heterocycles. The summed E-state index contributed by atoms with van der Waals surface area (Å²) >= 11 is 1.37. The maximum absolute atomic E-state index is 11.7. The van der Waals surface area contributed by atoms with Gasteiger partial charge in [-0.15, -0.1) is 0 Å². The topological polar surface area (TPSA) is 32.7 Å². The van der Waals surface area contributed by atoms with Crippen LogP contribution in [-0.4, -0.2) is 10.8 Å². The summed E-state index contributed by atoms with van der Waals surface area (Å²) in [6, 6.07) is 18.2. The van der Waals surface area contributed by atoms with E-state index in [9.17, 15) is 4.79 Å². The SMILES string of the molecule is CC(=O)C1=NN(c2ccc(C)cc2)C(c2ccccc2)=CS1. The first-order valence-electron chi connectivity index (χ1n) is 7.04. The van der Waals surface area contributed by atoms with Gasteiger partial charge in [0.25, 0.3) is 0 Å². The van der Waals surface area contributed by atoms with E-state index in [1.54, 1.807) is 6.92 Å². The molecule has 0 unspecified atom stereocenters. The first kappa shape index (κ1) is 14.6. The van der Waals surface area contributed by atoms with E-state index in [1.165, 1.54) is 17.3 Å². The summed E-state index contributed by atoms with van der Waals surface area (Å²) in [4.78, 5) is 11.7. The summed E-state index contributed by atoms with van der Waals surface area (Å²) in [5.74, 6) is -0.0227. The number of carbonyl (C=O) groups excluding carboxylic acids is 1. The molecule has 0 saturated heterocycles. The minimum Gasteiger partial charge on any atom is -0.292 e. The molecule has 3 nitrogen and oxygen atoms in total.